The molecule has 0 spiro atoms. The number of hydrogen-bond acceptors (Lipinski definition) is 5. The number of aliphatic carboxylic acids is 1. The molecular weight excluding hydrogens is 304 g/mol. The maximum Gasteiger partial charge on any atom is 0.405 e. The molecule has 0 saturated carbocycles. The Morgan fingerprint density at radius 3 is 2.00 bits per heavy atom. The standard InChI is InChI=1S/C15H30N2O6/c1-5-11(4)8-17(10-13(22-6-2)23-7-3)9-12(14(18)19)16-15(20)21/h11-13,16H,5-10H2,1-4H3,(H,18,19)(H,20,21)/t11-,12?/m0/s1. The topological polar surface area (TPSA) is 108 Å². The fraction of sp³-hybridized carbons (Fsp3) is 0.867. The molecule has 2 atom stereocenters. The van der Waals surface area contributed by atoms with Crippen LogP contribution in [0.5, 0.6) is 0 Å². The molecule has 0 aromatic carbocycles. The Bertz CT molecular complexity index is 347. The van der Waals surface area contributed by atoms with E-state index in [4.69, 9.17) is 14.6 Å². The third-order valence-corrected chi connectivity index (χ3v) is 3.42. The first-order valence-electron chi connectivity index (χ1n) is 8.01. The Morgan fingerprint density at radius 1 is 1.04 bits per heavy atom. The zero-order valence-electron chi connectivity index (χ0n) is 14.4. The Kier molecular flexibility index (Phi) is 11.4. The molecule has 0 bridgehead atoms. The van der Waals surface area contributed by atoms with Crippen LogP contribution in [-0.4, -0.2) is 72.4 Å². The molecule has 0 saturated heterocycles. The second-order valence-electron chi connectivity index (χ2n) is 5.41. The summed E-state index contributed by atoms with van der Waals surface area (Å²) in [5, 5.41) is 20.0. The van der Waals surface area contributed by atoms with Gasteiger partial charge in [0.15, 0.2) is 6.29 Å². The molecule has 0 aliphatic heterocycles. The Labute approximate surface area is 137 Å². The first kappa shape index (κ1) is 21.6. The van der Waals surface area contributed by atoms with Crippen LogP contribution in [0.15, 0.2) is 0 Å². The summed E-state index contributed by atoms with van der Waals surface area (Å²) in [6.45, 7) is 9.88. The van der Waals surface area contributed by atoms with Gasteiger partial charge in [-0.25, -0.2) is 9.59 Å². The molecule has 1 amide bonds. The number of carboxylic acids is 1. The number of amides is 1. The second-order valence-corrected chi connectivity index (χ2v) is 5.41. The fourth-order valence-electron chi connectivity index (χ4n) is 2.12. The van der Waals surface area contributed by atoms with Gasteiger partial charge in [0.25, 0.3) is 0 Å². The van der Waals surface area contributed by atoms with Crippen LogP contribution in [0.2, 0.25) is 0 Å². The molecule has 0 aliphatic rings. The molecule has 0 rings (SSSR count). The van der Waals surface area contributed by atoms with Crippen molar-refractivity contribution in [2.75, 3.05) is 32.8 Å². The minimum Gasteiger partial charge on any atom is -0.480 e. The van der Waals surface area contributed by atoms with Gasteiger partial charge in [-0.05, 0) is 19.8 Å². The van der Waals surface area contributed by atoms with Gasteiger partial charge in [-0.3, -0.25) is 4.90 Å². The zero-order chi connectivity index (χ0) is 17.8. The van der Waals surface area contributed by atoms with Crippen LogP contribution in [0.4, 0.5) is 4.79 Å². The number of rotatable bonds is 13. The van der Waals surface area contributed by atoms with Gasteiger partial charge in [-0.2, -0.15) is 0 Å². The monoisotopic (exact) mass is 334 g/mol. The highest BCUT2D eigenvalue weighted by Gasteiger charge is 2.25. The lowest BCUT2D eigenvalue weighted by molar-refractivity contribution is -0.151. The Morgan fingerprint density at radius 2 is 1.61 bits per heavy atom. The molecular formula is C15H30N2O6. The van der Waals surface area contributed by atoms with Crippen LogP contribution in [0.1, 0.15) is 34.1 Å². The molecule has 8 nitrogen and oxygen atoms in total. The first-order valence-corrected chi connectivity index (χ1v) is 8.01. The Balaban J connectivity index is 4.94. The van der Waals surface area contributed by atoms with E-state index in [0.717, 1.165) is 6.42 Å². The van der Waals surface area contributed by atoms with Gasteiger partial charge >= 0.3 is 12.1 Å². The van der Waals surface area contributed by atoms with Crippen LogP contribution in [-0.2, 0) is 14.3 Å². The van der Waals surface area contributed by atoms with Crippen molar-refractivity contribution in [3.05, 3.63) is 0 Å². The number of hydrogen-bond donors (Lipinski definition) is 3. The molecule has 0 radical (unpaired) electrons. The molecule has 8 heteroatoms. The molecule has 23 heavy (non-hydrogen) atoms. The lowest BCUT2D eigenvalue weighted by Gasteiger charge is -2.31. The van der Waals surface area contributed by atoms with Crippen LogP contribution >= 0.6 is 0 Å². The van der Waals surface area contributed by atoms with E-state index in [9.17, 15) is 14.7 Å². The highest BCUT2D eigenvalue weighted by atomic mass is 16.7. The highest BCUT2D eigenvalue weighted by molar-refractivity contribution is 5.79. The van der Waals surface area contributed by atoms with Gasteiger partial charge in [0.05, 0.1) is 0 Å². The summed E-state index contributed by atoms with van der Waals surface area (Å²) < 4.78 is 11.0. The molecule has 136 valence electrons. The maximum absolute atomic E-state index is 11.2. The molecule has 0 aliphatic carbocycles. The summed E-state index contributed by atoms with van der Waals surface area (Å²) in [6, 6.07) is -1.19. The molecule has 0 aromatic rings. The molecule has 0 fully saturated rings. The van der Waals surface area contributed by atoms with Crippen molar-refractivity contribution in [2.24, 2.45) is 5.92 Å². The minimum absolute atomic E-state index is 0.0582. The third-order valence-electron chi connectivity index (χ3n) is 3.42. The summed E-state index contributed by atoms with van der Waals surface area (Å²) in [6.07, 6.45) is -0.880. The maximum atomic E-state index is 11.2. The van der Waals surface area contributed by atoms with E-state index in [1.165, 1.54) is 0 Å². The number of ether oxygens (including phenoxy) is 2. The van der Waals surface area contributed by atoms with Crippen LogP contribution in [0.25, 0.3) is 0 Å². The minimum atomic E-state index is -1.35. The van der Waals surface area contributed by atoms with Gasteiger partial charge in [0, 0.05) is 32.8 Å². The van der Waals surface area contributed by atoms with Crippen LogP contribution in [0.3, 0.4) is 0 Å². The fourth-order valence-corrected chi connectivity index (χ4v) is 2.12. The quantitative estimate of drug-likeness (QED) is 0.437. The average molecular weight is 334 g/mol. The van der Waals surface area contributed by atoms with Gasteiger partial charge in [-0.1, -0.05) is 20.3 Å². The lowest BCUT2D eigenvalue weighted by Crippen LogP contribution is -2.50. The van der Waals surface area contributed by atoms with Crippen LogP contribution < -0.4 is 5.32 Å². The van der Waals surface area contributed by atoms with Crippen molar-refractivity contribution in [3.63, 3.8) is 0 Å². The predicted molar refractivity (Wildman–Crippen MR) is 85.5 cm³/mol. The van der Waals surface area contributed by atoms with Crippen molar-refractivity contribution in [2.45, 2.75) is 46.4 Å². The lowest BCUT2D eigenvalue weighted by atomic mass is 10.1. The van der Waals surface area contributed by atoms with E-state index in [2.05, 4.69) is 13.8 Å². The van der Waals surface area contributed by atoms with Gasteiger partial charge in [0.1, 0.15) is 6.04 Å². The highest BCUT2D eigenvalue weighted by Crippen LogP contribution is 2.08. The summed E-state index contributed by atoms with van der Waals surface area (Å²) in [4.78, 5) is 23.9. The Hall–Kier alpha value is -1.38. The molecule has 0 heterocycles. The van der Waals surface area contributed by atoms with E-state index in [0.29, 0.717) is 32.2 Å². The van der Waals surface area contributed by atoms with Crippen molar-refractivity contribution in [1.82, 2.24) is 10.2 Å². The summed E-state index contributed by atoms with van der Waals surface area (Å²) in [5.74, 6) is -0.857. The molecule has 0 aromatic heterocycles. The number of carboxylic acid groups (broad SMARTS) is 2. The van der Waals surface area contributed by atoms with E-state index >= 15 is 0 Å². The molecule has 1 unspecified atom stereocenters. The largest absolute Gasteiger partial charge is 0.480 e. The predicted octanol–water partition coefficient (Wildman–Crippen LogP) is 1.45. The third kappa shape index (κ3) is 10.1. The SMILES string of the molecule is CCOC(CN(CC(NC(=O)O)C(=O)O)C[C@@H](C)CC)OCC. The van der Waals surface area contributed by atoms with Crippen LogP contribution in [0, 0.1) is 5.92 Å². The van der Waals surface area contributed by atoms with Crippen molar-refractivity contribution >= 4 is 12.1 Å². The van der Waals surface area contributed by atoms with E-state index < -0.39 is 24.4 Å². The zero-order valence-corrected chi connectivity index (χ0v) is 14.4. The second kappa shape index (κ2) is 12.1. The van der Waals surface area contributed by atoms with Crippen molar-refractivity contribution < 1.29 is 29.3 Å². The summed E-state index contributed by atoms with van der Waals surface area (Å²) >= 11 is 0. The van der Waals surface area contributed by atoms with Crippen molar-refractivity contribution in [3.8, 4) is 0 Å². The average Bonchev–Trinajstić information content (AvgIpc) is 2.46. The number of nitrogens with zero attached hydrogens (tertiary/aromatic N) is 1. The van der Waals surface area contributed by atoms with Gasteiger partial charge in [-0.15, -0.1) is 0 Å². The van der Waals surface area contributed by atoms with E-state index in [1.807, 2.05) is 24.1 Å². The van der Waals surface area contributed by atoms with Crippen molar-refractivity contribution in [1.29, 1.82) is 0 Å². The van der Waals surface area contributed by atoms with E-state index in [-0.39, 0.29) is 6.54 Å². The smallest absolute Gasteiger partial charge is 0.405 e. The summed E-state index contributed by atoms with van der Waals surface area (Å²) in [7, 11) is 0. The first-order chi connectivity index (χ1) is 10.8. The summed E-state index contributed by atoms with van der Waals surface area (Å²) in [5.41, 5.74) is 0. The molecule has 3 N–H and O–H groups in total. The normalized spacial score (nSPS) is 14.0. The number of carbonyl (C=O) groups is 2. The number of nitrogens with one attached hydrogen (secondary N) is 1. The van der Waals surface area contributed by atoms with Gasteiger partial charge < -0.3 is 25.0 Å². The van der Waals surface area contributed by atoms with E-state index in [1.54, 1.807) is 0 Å². The van der Waals surface area contributed by atoms with Gasteiger partial charge in [0.2, 0.25) is 0 Å².